The second-order valence-corrected chi connectivity index (χ2v) is 11.0. The van der Waals surface area contributed by atoms with Gasteiger partial charge < -0.3 is 10.2 Å². The Morgan fingerprint density at radius 3 is 2.91 bits per heavy atom. The molecule has 6 rings (SSSR count). The Balaban J connectivity index is 1.27. The SMILES string of the molecule is CC1Cc2nc(N3CCCC3C(=O)Cc3nccs3)nc(Nc3cc(C4CCCC4)[nH]n3)c2C1. The molecule has 1 saturated heterocycles. The molecule has 0 radical (unpaired) electrons. The Morgan fingerprint density at radius 1 is 1.21 bits per heavy atom. The number of hydrogen-bond acceptors (Lipinski definition) is 8. The number of ketones is 1. The lowest BCUT2D eigenvalue weighted by Gasteiger charge is -2.24. The summed E-state index contributed by atoms with van der Waals surface area (Å²) in [6.45, 7) is 3.06. The Kier molecular flexibility index (Phi) is 5.80. The van der Waals surface area contributed by atoms with E-state index in [0.29, 0.717) is 24.2 Å². The van der Waals surface area contributed by atoms with Gasteiger partial charge in [-0.3, -0.25) is 9.89 Å². The molecule has 2 aliphatic carbocycles. The molecule has 9 heteroatoms. The van der Waals surface area contributed by atoms with Crippen LogP contribution in [0.1, 0.15) is 73.3 Å². The molecule has 3 aromatic rings. The summed E-state index contributed by atoms with van der Waals surface area (Å²) in [6, 6.07) is 1.95. The van der Waals surface area contributed by atoms with Crippen molar-refractivity contribution >= 4 is 34.7 Å². The number of thiazole rings is 1. The van der Waals surface area contributed by atoms with Gasteiger partial charge in [0.1, 0.15) is 5.82 Å². The summed E-state index contributed by atoms with van der Waals surface area (Å²) in [6.07, 6.45) is 10.9. The van der Waals surface area contributed by atoms with E-state index in [1.807, 2.05) is 5.38 Å². The Hall–Kier alpha value is -2.81. The number of anilines is 3. The number of aromatic nitrogens is 5. The molecular weight excluding hydrogens is 446 g/mol. The fourth-order valence-corrected chi connectivity index (χ4v) is 6.43. The molecule has 34 heavy (non-hydrogen) atoms. The summed E-state index contributed by atoms with van der Waals surface area (Å²) in [4.78, 5) is 29.5. The second-order valence-electron chi connectivity index (χ2n) is 10.0. The van der Waals surface area contributed by atoms with Gasteiger partial charge in [-0.1, -0.05) is 19.8 Å². The number of nitrogens with one attached hydrogen (secondary N) is 2. The van der Waals surface area contributed by atoms with Gasteiger partial charge in [0.2, 0.25) is 5.95 Å². The summed E-state index contributed by atoms with van der Waals surface area (Å²) in [5, 5.41) is 14.1. The highest BCUT2D eigenvalue weighted by molar-refractivity contribution is 7.09. The average molecular weight is 478 g/mol. The van der Waals surface area contributed by atoms with Crippen LogP contribution in [0, 0.1) is 5.92 Å². The van der Waals surface area contributed by atoms with E-state index in [0.717, 1.165) is 54.6 Å². The predicted octanol–water partition coefficient (Wildman–Crippen LogP) is 4.57. The first kappa shape index (κ1) is 21.7. The van der Waals surface area contributed by atoms with Crippen molar-refractivity contribution in [1.82, 2.24) is 25.1 Å². The largest absolute Gasteiger partial charge is 0.331 e. The fraction of sp³-hybridized carbons (Fsp3) is 0.560. The third-order valence-corrected chi connectivity index (χ3v) is 8.28. The van der Waals surface area contributed by atoms with E-state index in [-0.39, 0.29) is 11.8 Å². The number of H-pyrrole nitrogens is 1. The minimum absolute atomic E-state index is 0.187. The van der Waals surface area contributed by atoms with Gasteiger partial charge in [-0.15, -0.1) is 11.3 Å². The number of nitrogens with zero attached hydrogens (tertiary/aromatic N) is 5. The first-order valence-corrected chi connectivity index (χ1v) is 13.4. The van der Waals surface area contributed by atoms with Gasteiger partial charge >= 0.3 is 0 Å². The number of hydrogen-bond donors (Lipinski definition) is 2. The second kappa shape index (κ2) is 9.09. The number of rotatable bonds is 7. The summed E-state index contributed by atoms with van der Waals surface area (Å²) >= 11 is 1.54. The van der Waals surface area contributed by atoms with Crippen molar-refractivity contribution < 1.29 is 4.79 Å². The Labute approximate surface area is 203 Å². The molecule has 0 amide bonds. The van der Waals surface area contributed by atoms with Gasteiger partial charge in [-0.2, -0.15) is 10.1 Å². The molecule has 2 atom stereocenters. The maximum atomic E-state index is 13.1. The van der Waals surface area contributed by atoms with Crippen LogP contribution in [-0.4, -0.2) is 43.5 Å². The smallest absolute Gasteiger partial charge is 0.228 e. The third kappa shape index (κ3) is 4.21. The van der Waals surface area contributed by atoms with E-state index in [1.54, 1.807) is 6.20 Å². The summed E-state index contributed by atoms with van der Waals surface area (Å²) < 4.78 is 0. The molecule has 0 aromatic carbocycles. The van der Waals surface area contributed by atoms with Crippen molar-refractivity contribution in [1.29, 1.82) is 0 Å². The molecule has 1 saturated carbocycles. The topological polar surface area (TPSA) is 99.7 Å². The van der Waals surface area contributed by atoms with Crippen LogP contribution < -0.4 is 10.2 Å². The number of aromatic amines is 1. The third-order valence-electron chi connectivity index (χ3n) is 7.50. The molecule has 0 spiro atoms. The number of carbonyl (C=O) groups excluding carboxylic acids is 1. The van der Waals surface area contributed by atoms with E-state index >= 15 is 0 Å². The zero-order valence-corrected chi connectivity index (χ0v) is 20.4. The van der Waals surface area contributed by atoms with Gasteiger partial charge in [-0.25, -0.2) is 9.97 Å². The minimum Gasteiger partial charge on any atom is -0.331 e. The van der Waals surface area contributed by atoms with Gasteiger partial charge in [0.15, 0.2) is 11.6 Å². The van der Waals surface area contributed by atoms with E-state index in [4.69, 9.17) is 9.97 Å². The van der Waals surface area contributed by atoms with E-state index < -0.39 is 0 Å². The maximum absolute atomic E-state index is 13.1. The van der Waals surface area contributed by atoms with Crippen molar-refractivity contribution in [3.63, 3.8) is 0 Å². The monoisotopic (exact) mass is 477 g/mol. The Morgan fingerprint density at radius 2 is 2.09 bits per heavy atom. The summed E-state index contributed by atoms with van der Waals surface area (Å²) in [5.41, 5.74) is 3.50. The zero-order valence-electron chi connectivity index (χ0n) is 19.6. The first-order valence-electron chi connectivity index (χ1n) is 12.5. The highest BCUT2D eigenvalue weighted by Crippen LogP contribution is 2.37. The average Bonchev–Trinajstić information content (AvgIpc) is 3.64. The van der Waals surface area contributed by atoms with Crippen LogP contribution in [0.2, 0.25) is 0 Å². The van der Waals surface area contributed by atoms with Crippen molar-refractivity contribution in [3.05, 3.63) is 39.6 Å². The molecule has 1 aliphatic heterocycles. The molecule has 2 N–H and O–H groups in total. The lowest BCUT2D eigenvalue weighted by atomic mass is 10.0. The fourth-order valence-electron chi connectivity index (χ4n) is 5.80. The van der Waals surface area contributed by atoms with Crippen LogP contribution in [0.5, 0.6) is 0 Å². The van der Waals surface area contributed by atoms with Crippen LogP contribution in [0.4, 0.5) is 17.6 Å². The standard InChI is InChI=1S/C25H31N7OS/c1-15-11-17-19(12-15)27-25(32-9-4-7-20(32)21(33)14-23-26-8-10-34-23)29-24(17)28-22-13-18(30-31-22)16-5-2-3-6-16/h8,10,13,15-16,20H,2-7,9,11-12,14H2,1H3,(H2,27,28,29,30,31). The quantitative estimate of drug-likeness (QED) is 0.514. The van der Waals surface area contributed by atoms with Gasteiger partial charge in [0.25, 0.3) is 0 Å². The molecule has 178 valence electrons. The first-order chi connectivity index (χ1) is 16.6. The van der Waals surface area contributed by atoms with Crippen LogP contribution in [0.15, 0.2) is 17.6 Å². The normalized spacial score (nSPS) is 22.4. The van der Waals surface area contributed by atoms with E-state index in [2.05, 4.69) is 38.4 Å². The van der Waals surface area contributed by atoms with Gasteiger partial charge in [-0.05, 0) is 44.4 Å². The Bertz CT molecular complexity index is 1170. The lowest BCUT2D eigenvalue weighted by Crippen LogP contribution is -2.38. The summed E-state index contributed by atoms with van der Waals surface area (Å²) in [7, 11) is 0. The van der Waals surface area contributed by atoms with E-state index in [1.165, 1.54) is 48.3 Å². The lowest BCUT2D eigenvalue weighted by molar-refractivity contribution is -0.119. The van der Waals surface area contributed by atoms with Gasteiger partial charge in [0, 0.05) is 41.4 Å². The van der Waals surface area contributed by atoms with Crippen molar-refractivity contribution in [3.8, 4) is 0 Å². The molecule has 2 unspecified atom stereocenters. The zero-order chi connectivity index (χ0) is 23.1. The van der Waals surface area contributed by atoms with Crippen LogP contribution in [0.3, 0.4) is 0 Å². The molecule has 8 nitrogen and oxygen atoms in total. The molecule has 4 heterocycles. The number of fused-ring (bicyclic) bond motifs is 1. The predicted molar refractivity (Wildman–Crippen MR) is 133 cm³/mol. The minimum atomic E-state index is -0.187. The molecule has 3 aromatic heterocycles. The molecule has 3 aliphatic rings. The van der Waals surface area contributed by atoms with Crippen LogP contribution in [0.25, 0.3) is 0 Å². The highest BCUT2D eigenvalue weighted by atomic mass is 32.1. The number of carbonyl (C=O) groups is 1. The summed E-state index contributed by atoms with van der Waals surface area (Å²) in [5.74, 6) is 3.64. The maximum Gasteiger partial charge on any atom is 0.228 e. The van der Waals surface area contributed by atoms with Crippen molar-refractivity contribution in [2.45, 2.75) is 76.7 Å². The molecular formula is C25H31N7OS. The van der Waals surface area contributed by atoms with Crippen molar-refractivity contribution in [2.24, 2.45) is 5.92 Å². The highest BCUT2D eigenvalue weighted by Gasteiger charge is 2.34. The van der Waals surface area contributed by atoms with Gasteiger partial charge in [0.05, 0.1) is 23.2 Å². The molecule has 0 bridgehead atoms. The van der Waals surface area contributed by atoms with Crippen molar-refractivity contribution in [2.75, 3.05) is 16.8 Å². The molecule has 2 fully saturated rings. The van der Waals surface area contributed by atoms with E-state index in [9.17, 15) is 4.79 Å². The number of Topliss-reactive ketones (excluding diaryl/α,β-unsaturated/α-hetero) is 1. The van der Waals surface area contributed by atoms with Crippen LogP contribution >= 0.6 is 11.3 Å². The van der Waals surface area contributed by atoms with Crippen LogP contribution in [-0.2, 0) is 24.1 Å².